The lowest BCUT2D eigenvalue weighted by Crippen LogP contribution is -2.43. The van der Waals surface area contributed by atoms with Gasteiger partial charge in [0.2, 0.25) is 0 Å². The lowest BCUT2D eigenvalue weighted by Gasteiger charge is -2.21. The van der Waals surface area contributed by atoms with E-state index in [0.29, 0.717) is 18.6 Å². The fraction of sp³-hybridized carbons (Fsp3) is 0.333. The molecule has 35 heavy (non-hydrogen) atoms. The van der Waals surface area contributed by atoms with Crippen LogP contribution >= 0.6 is 0 Å². The normalized spacial score (nSPS) is 17.6. The molecule has 3 heterocycles. The van der Waals surface area contributed by atoms with Crippen LogP contribution in [0.25, 0.3) is 5.65 Å². The Morgan fingerprint density at radius 2 is 2.03 bits per heavy atom. The molecule has 1 unspecified atom stereocenters. The molecule has 2 N–H and O–H groups in total. The highest BCUT2D eigenvalue weighted by Crippen LogP contribution is 2.24. The van der Waals surface area contributed by atoms with Crippen molar-refractivity contribution >= 4 is 29.0 Å². The number of nitrogens with zero attached hydrogens (tertiary/aromatic N) is 3. The third-order valence-electron chi connectivity index (χ3n) is 6.11. The van der Waals surface area contributed by atoms with Crippen LogP contribution in [0.3, 0.4) is 0 Å². The molecule has 180 valence electrons. The van der Waals surface area contributed by atoms with E-state index in [1.54, 1.807) is 18.2 Å². The van der Waals surface area contributed by atoms with Crippen molar-refractivity contribution in [3.63, 3.8) is 0 Å². The van der Waals surface area contributed by atoms with Crippen LogP contribution in [0.15, 0.2) is 30.5 Å². The summed E-state index contributed by atoms with van der Waals surface area (Å²) in [5, 5.41) is 9.23. The maximum atomic E-state index is 14.3. The zero-order valence-electron chi connectivity index (χ0n) is 18.7. The number of ketones is 2. The van der Waals surface area contributed by atoms with Crippen molar-refractivity contribution in [2.45, 2.75) is 44.7 Å². The molecule has 10 nitrogen and oxygen atoms in total. The number of halogens is 1. The van der Waals surface area contributed by atoms with Crippen molar-refractivity contribution in [3.8, 4) is 5.75 Å². The second-order valence-corrected chi connectivity index (χ2v) is 8.62. The Kier molecular flexibility index (Phi) is 5.98. The van der Waals surface area contributed by atoms with Gasteiger partial charge in [-0.15, -0.1) is 0 Å². The first kappa shape index (κ1) is 22.6. The monoisotopic (exact) mass is 479 g/mol. The van der Waals surface area contributed by atoms with Crippen LogP contribution in [0.2, 0.25) is 0 Å². The number of Topliss-reactive ketones (excluding diaryl/α,β-unsaturated/α-hetero) is 2. The maximum Gasteiger partial charge on any atom is 0.270 e. The van der Waals surface area contributed by atoms with E-state index in [1.165, 1.54) is 6.07 Å². The number of fused-ring (bicyclic) bond motifs is 2. The molecule has 1 aliphatic carbocycles. The Labute approximate surface area is 198 Å². The lowest BCUT2D eigenvalue weighted by atomic mass is 9.94. The summed E-state index contributed by atoms with van der Waals surface area (Å²) in [6, 6.07) is 5.88. The van der Waals surface area contributed by atoms with Gasteiger partial charge >= 0.3 is 0 Å². The number of hydrogen-bond acceptors (Lipinski definition) is 7. The van der Waals surface area contributed by atoms with Crippen LogP contribution in [0.1, 0.15) is 57.8 Å². The molecule has 11 heteroatoms. The van der Waals surface area contributed by atoms with Crippen LogP contribution in [0, 0.1) is 5.82 Å². The first-order valence-electron chi connectivity index (χ1n) is 11.3. The number of ether oxygens (including phenoxy) is 1. The van der Waals surface area contributed by atoms with Crippen molar-refractivity contribution in [1.82, 2.24) is 25.2 Å². The summed E-state index contributed by atoms with van der Waals surface area (Å²) in [4.78, 5) is 53.6. The highest BCUT2D eigenvalue weighted by molar-refractivity contribution is 6.00. The molecule has 1 aliphatic heterocycles. The Hall–Kier alpha value is -4.15. The molecule has 0 spiro atoms. The smallest absolute Gasteiger partial charge is 0.270 e. The predicted octanol–water partition coefficient (Wildman–Crippen LogP) is 1.54. The van der Waals surface area contributed by atoms with E-state index < -0.39 is 23.7 Å². The van der Waals surface area contributed by atoms with Gasteiger partial charge in [0.1, 0.15) is 23.7 Å². The zero-order valence-corrected chi connectivity index (χ0v) is 18.7. The van der Waals surface area contributed by atoms with Crippen LogP contribution < -0.4 is 15.4 Å². The molecular formula is C24H22FN5O5. The summed E-state index contributed by atoms with van der Waals surface area (Å²) in [5.41, 5.74) is 0.924. The molecule has 1 fully saturated rings. The SMILES string of the molecule is O=C1COc2ccc(CNC(=O)c3cc(C(=O)NC4CCCCC4=O)n4ncc(F)c4n3)cc2C1. The van der Waals surface area contributed by atoms with Gasteiger partial charge in [-0.1, -0.05) is 12.5 Å². The standard InChI is InChI=1S/C24H22FN5O5/c25-16-11-27-30-19(24(34)29-17-3-1-2-4-20(17)32)9-18(28-22(16)30)23(33)26-10-13-5-6-21-14(7-13)8-15(31)12-35-21/h5-7,9,11,17H,1-4,8,10,12H2,(H,26,33)(H,29,34). The summed E-state index contributed by atoms with van der Waals surface area (Å²) in [6.45, 7) is 0.167. The average Bonchev–Trinajstić information content (AvgIpc) is 3.23. The zero-order chi connectivity index (χ0) is 24.5. The Morgan fingerprint density at radius 3 is 2.86 bits per heavy atom. The van der Waals surface area contributed by atoms with Crippen molar-refractivity contribution in [1.29, 1.82) is 0 Å². The van der Waals surface area contributed by atoms with E-state index in [0.717, 1.165) is 34.7 Å². The number of carbonyl (C=O) groups excluding carboxylic acids is 4. The number of rotatable bonds is 5. The van der Waals surface area contributed by atoms with Gasteiger partial charge in [-0.25, -0.2) is 13.9 Å². The Bertz CT molecular complexity index is 1370. The largest absolute Gasteiger partial charge is 0.486 e. The molecule has 2 aromatic heterocycles. The molecule has 0 saturated heterocycles. The van der Waals surface area contributed by atoms with Gasteiger partial charge in [0, 0.05) is 31.0 Å². The minimum atomic E-state index is -0.790. The number of benzene rings is 1. The van der Waals surface area contributed by atoms with Crippen molar-refractivity contribution in [2.75, 3.05) is 6.61 Å². The fourth-order valence-corrected chi connectivity index (χ4v) is 4.30. The van der Waals surface area contributed by atoms with Gasteiger partial charge in [0.25, 0.3) is 11.8 Å². The molecule has 3 aromatic rings. The minimum Gasteiger partial charge on any atom is -0.486 e. The maximum absolute atomic E-state index is 14.3. The summed E-state index contributed by atoms with van der Waals surface area (Å²) >= 11 is 0. The first-order valence-corrected chi connectivity index (χ1v) is 11.3. The summed E-state index contributed by atoms with van der Waals surface area (Å²) < 4.78 is 20.7. The van der Waals surface area contributed by atoms with Crippen LogP contribution in [-0.2, 0) is 22.6 Å². The molecule has 0 bridgehead atoms. The van der Waals surface area contributed by atoms with Crippen molar-refractivity contribution in [2.24, 2.45) is 0 Å². The molecule has 0 radical (unpaired) electrons. The fourth-order valence-electron chi connectivity index (χ4n) is 4.30. The number of amides is 2. The Balaban J connectivity index is 1.36. The third-order valence-corrected chi connectivity index (χ3v) is 6.11. The summed E-state index contributed by atoms with van der Waals surface area (Å²) in [5.74, 6) is -1.51. The van der Waals surface area contributed by atoms with Gasteiger partial charge in [0.15, 0.2) is 23.0 Å². The Morgan fingerprint density at radius 1 is 1.17 bits per heavy atom. The topological polar surface area (TPSA) is 132 Å². The average molecular weight is 479 g/mol. The molecule has 1 atom stereocenters. The number of nitrogens with one attached hydrogen (secondary N) is 2. The van der Waals surface area contributed by atoms with E-state index in [1.807, 2.05) is 0 Å². The summed E-state index contributed by atoms with van der Waals surface area (Å²) in [7, 11) is 0. The van der Waals surface area contributed by atoms with Crippen molar-refractivity contribution < 1.29 is 28.3 Å². The van der Waals surface area contributed by atoms with Crippen LogP contribution in [0.5, 0.6) is 5.75 Å². The number of aromatic nitrogens is 3. The van der Waals surface area contributed by atoms with E-state index in [9.17, 15) is 23.6 Å². The molecule has 2 amide bonds. The second-order valence-electron chi connectivity index (χ2n) is 8.62. The predicted molar refractivity (Wildman–Crippen MR) is 119 cm³/mol. The molecule has 5 rings (SSSR count). The summed E-state index contributed by atoms with van der Waals surface area (Å²) in [6.07, 6.45) is 3.68. The van der Waals surface area contributed by atoms with E-state index in [4.69, 9.17) is 4.74 Å². The molecule has 2 aliphatic rings. The minimum absolute atomic E-state index is 0.0280. The third kappa shape index (κ3) is 4.61. The lowest BCUT2D eigenvalue weighted by molar-refractivity contribution is -0.122. The van der Waals surface area contributed by atoms with E-state index in [-0.39, 0.29) is 48.2 Å². The number of hydrogen-bond donors (Lipinski definition) is 2. The van der Waals surface area contributed by atoms with Gasteiger partial charge in [-0.05, 0) is 30.5 Å². The van der Waals surface area contributed by atoms with Crippen LogP contribution in [0.4, 0.5) is 4.39 Å². The highest BCUT2D eigenvalue weighted by Gasteiger charge is 2.27. The highest BCUT2D eigenvalue weighted by atomic mass is 19.1. The quantitative estimate of drug-likeness (QED) is 0.567. The molecular weight excluding hydrogens is 457 g/mol. The molecule has 1 saturated carbocycles. The van der Waals surface area contributed by atoms with Crippen molar-refractivity contribution in [3.05, 3.63) is 58.8 Å². The van der Waals surface area contributed by atoms with Gasteiger partial charge in [-0.3, -0.25) is 19.2 Å². The van der Waals surface area contributed by atoms with Gasteiger partial charge < -0.3 is 15.4 Å². The van der Waals surface area contributed by atoms with Gasteiger partial charge in [0.05, 0.1) is 12.2 Å². The van der Waals surface area contributed by atoms with Gasteiger partial charge in [-0.2, -0.15) is 5.10 Å². The van der Waals surface area contributed by atoms with E-state index >= 15 is 0 Å². The van der Waals surface area contributed by atoms with Crippen LogP contribution in [-0.4, -0.2) is 50.6 Å². The first-order chi connectivity index (χ1) is 16.9. The van der Waals surface area contributed by atoms with E-state index in [2.05, 4.69) is 20.7 Å². The number of carbonyl (C=O) groups is 4. The molecule has 1 aromatic carbocycles. The second kappa shape index (κ2) is 9.24.